The van der Waals surface area contributed by atoms with Gasteiger partial charge in [-0.2, -0.15) is 0 Å². The van der Waals surface area contributed by atoms with Crippen molar-refractivity contribution in [1.82, 2.24) is 20.4 Å². The Morgan fingerprint density at radius 1 is 0.939 bits per heavy atom. The third kappa shape index (κ3) is 3.45. The Morgan fingerprint density at radius 2 is 1.67 bits per heavy atom. The van der Waals surface area contributed by atoms with Gasteiger partial charge in [-0.25, -0.2) is 0 Å². The first-order valence-electron chi connectivity index (χ1n) is 12.0. The zero-order valence-electron chi connectivity index (χ0n) is 18.6. The van der Waals surface area contributed by atoms with Gasteiger partial charge in [0.25, 0.3) is 11.8 Å². The van der Waals surface area contributed by atoms with Crippen molar-refractivity contribution >= 4 is 29.3 Å². The summed E-state index contributed by atoms with van der Waals surface area (Å²) in [5, 5.41) is 5.62. The zero-order valence-corrected chi connectivity index (χ0v) is 18.6. The van der Waals surface area contributed by atoms with Crippen molar-refractivity contribution in [3.63, 3.8) is 0 Å². The van der Waals surface area contributed by atoms with E-state index in [0.717, 1.165) is 36.5 Å². The Hall–Kier alpha value is -2.78. The van der Waals surface area contributed by atoms with Crippen LogP contribution < -0.4 is 15.5 Å². The minimum Gasteiger partial charge on any atom is -0.371 e. The van der Waals surface area contributed by atoms with Crippen LogP contribution in [0.2, 0.25) is 0 Å². The summed E-state index contributed by atoms with van der Waals surface area (Å²) in [7, 11) is 0. The first kappa shape index (κ1) is 20.8. The van der Waals surface area contributed by atoms with Gasteiger partial charge < -0.3 is 15.1 Å². The Labute approximate surface area is 192 Å². The van der Waals surface area contributed by atoms with E-state index in [9.17, 15) is 19.2 Å². The second-order valence-electron chi connectivity index (χ2n) is 10.4. The van der Waals surface area contributed by atoms with Gasteiger partial charge in [-0.1, -0.05) is 0 Å². The summed E-state index contributed by atoms with van der Waals surface area (Å²) in [6.07, 6.45) is 2.53. The molecule has 4 fully saturated rings. The molecule has 2 N–H and O–H groups in total. The van der Waals surface area contributed by atoms with Gasteiger partial charge in [-0.05, 0) is 43.4 Å². The van der Waals surface area contributed by atoms with Crippen molar-refractivity contribution in [2.24, 2.45) is 11.3 Å². The molecule has 0 saturated carbocycles. The molecule has 9 heteroatoms. The monoisotopic (exact) mass is 451 g/mol. The van der Waals surface area contributed by atoms with Crippen molar-refractivity contribution in [2.75, 3.05) is 50.7 Å². The fraction of sp³-hybridized carbons (Fsp3) is 0.583. The average Bonchev–Trinajstić information content (AvgIpc) is 2.99. The third-order valence-corrected chi connectivity index (χ3v) is 8.04. The number of hydrogen-bond acceptors (Lipinski definition) is 7. The highest BCUT2D eigenvalue weighted by Gasteiger charge is 2.48. The molecule has 1 spiro atoms. The minimum atomic E-state index is -0.925. The van der Waals surface area contributed by atoms with Gasteiger partial charge in [0, 0.05) is 63.3 Å². The van der Waals surface area contributed by atoms with Crippen molar-refractivity contribution < 1.29 is 19.2 Å². The number of anilines is 1. The molecular formula is C24H29N5O4. The van der Waals surface area contributed by atoms with Gasteiger partial charge in [0.2, 0.25) is 11.8 Å². The van der Waals surface area contributed by atoms with Crippen LogP contribution in [0.1, 0.15) is 46.4 Å². The van der Waals surface area contributed by atoms with Crippen molar-refractivity contribution in [3.05, 3.63) is 29.3 Å². The SMILES string of the molecule is O=C1CCC(N2C(=O)c3ccc(N4CCC(CN5CC6(CNC6)C5)CC4)cc3C2=O)C(=O)N1. The summed E-state index contributed by atoms with van der Waals surface area (Å²) in [5.74, 6) is -1.15. The molecule has 1 unspecified atom stereocenters. The summed E-state index contributed by atoms with van der Waals surface area (Å²) in [6.45, 7) is 7.83. The number of fused-ring (bicyclic) bond motifs is 1. The Kier molecular flexibility index (Phi) is 4.81. The van der Waals surface area contributed by atoms with E-state index < -0.39 is 23.8 Å². The third-order valence-electron chi connectivity index (χ3n) is 8.04. The lowest BCUT2D eigenvalue weighted by Gasteiger charge is -2.57. The van der Waals surface area contributed by atoms with Gasteiger partial charge in [0.05, 0.1) is 11.1 Å². The molecule has 5 aliphatic rings. The van der Waals surface area contributed by atoms with E-state index in [1.54, 1.807) is 12.1 Å². The first-order chi connectivity index (χ1) is 15.9. The van der Waals surface area contributed by atoms with Gasteiger partial charge in [0.1, 0.15) is 6.04 Å². The van der Waals surface area contributed by atoms with Crippen LogP contribution >= 0.6 is 0 Å². The summed E-state index contributed by atoms with van der Waals surface area (Å²) in [6, 6.07) is 4.48. The molecule has 0 aromatic heterocycles. The van der Waals surface area contributed by atoms with E-state index in [1.807, 2.05) is 6.07 Å². The number of piperidine rings is 2. The van der Waals surface area contributed by atoms with Crippen LogP contribution in [0.4, 0.5) is 5.69 Å². The molecule has 5 aliphatic heterocycles. The molecule has 9 nitrogen and oxygen atoms in total. The topological polar surface area (TPSA) is 102 Å². The molecule has 4 amide bonds. The average molecular weight is 452 g/mol. The zero-order chi connectivity index (χ0) is 22.7. The number of carbonyl (C=O) groups excluding carboxylic acids is 4. The maximum absolute atomic E-state index is 13.1. The quantitative estimate of drug-likeness (QED) is 0.631. The molecule has 1 aromatic carbocycles. The van der Waals surface area contributed by atoms with E-state index >= 15 is 0 Å². The predicted molar refractivity (Wildman–Crippen MR) is 120 cm³/mol. The largest absolute Gasteiger partial charge is 0.371 e. The maximum atomic E-state index is 13.1. The fourth-order valence-electron chi connectivity index (χ4n) is 6.13. The number of nitrogens with one attached hydrogen (secondary N) is 2. The van der Waals surface area contributed by atoms with E-state index in [0.29, 0.717) is 22.5 Å². The van der Waals surface area contributed by atoms with Gasteiger partial charge in [0.15, 0.2) is 0 Å². The second-order valence-corrected chi connectivity index (χ2v) is 10.4. The highest BCUT2D eigenvalue weighted by atomic mass is 16.2. The number of likely N-dealkylation sites (tertiary alicyclic amines) is 1. The van der Waals surface area contributed by atoms with Crippen LogP contribution in [0.3, 0.4) is 0 Å². The smallest absolute Gasteiger partial charge is 0.262 e. The van der Waals surface area contributed by atoms with Crippen LogP contribution in [-0.2, 0) is 9.59 Å². The standard InChI is InChI=1S/C24H29N5O4/c30-20-4-3-19(21(31)26-20)29-22(32)17-2-1-16(9-18(17)23(29)33)28-7-5-15(6-8-28)10-27-13-24(14-27)11-25-12-24/h1-2,9,15,19,25H,3-8,10-14H2,(H,26,30,31). The van der Waals surface area contributed by atoms with E-state index in [1.165, 1.54) is 32.7 Å². The maximum Gasteiger partial charge on any atom is 0.262 e. The molecule has 4 saturated heterocycles. The highest BCUT2D eigenvalue weighted by molar-refractivity contribution is 6.23. The van der Waals surface area contributed by atoms with Gasteiger partial charge in [-0.3, -0.25) is 29.4 Å². The predicted octanol–water partition coefficient (Wildman–Crippen LogP) is 0.209. The lowest BCUT2D eigenvalue weighted by atomic mass is 9.74. The second kappa shape index (κ2) is 7.63. The van der Waals surface area contributed by atoms with E-state index in [-0.39, 0.29) is 18.7 Å². The Morgan fingerprint density at radius 3 is 2.33 bits per heavy atom. The van der Waals surface area contributed by atoms with Gasteiger partial charge >= 0.3 is 0 Å². The Bertz CT molecular complexity index is 1040. The molecule has 6 rings (SSSR count). The summed E-state index contributed by atoms with van der Waals surface area (Å²) in [5.41, 5.74) is 2.20. The molecule has 1 aromatic rings. The number of imide groups is 2. The van der Waals surface area contributed by atoms with Crippen LogP contribution in [-0.4, -0.2) is 85.3 Å². The van der Waals surface area contributed by atoms with E-state index in [2.05, 4.69) is 20.4 Å². The van der Waals surface area contributed by atoms with Crippen LogP contribution in [0.5, 0.6) is 0 Å². The first-order valence-corrected chi connectivity index (χ1v) is 12.0. The lowest BCUT2D eigenvalue weighted by molar-refractivity contribution is -0.136. The molecule has 0 radical (unpaired) electrons. The van der Waals surface area contributed by atoms with Crippen LogP contribution in [0, 0.1) is 11.3 Å². The lowest BCUT2D eigenvalue weighted by Crippen LogP contribution is -2.71. The Balaban J connectivity index is 1.09. The number of nitrogens with zero attached hydrogens (tertiary/aromatic N) is 3. The highest BCUT2D eigenvalue weighted by Crippen LogP contribution is 2.36. The summed E-state index contributed by atoms with van der Waals surface area (Å²) in [4.78, 5) is 55.6. The van der Waals surface area contributed by atoms with Crippen molar-refractivity contribution in [1.29, 1.82) is 0 Å². The molecule has 174 valence electrons. The summed E-state index contributed by atoms with van der Waals surface area (Å²) < 4.78 is 0. The molecule has 33 heavy (non-hydrogen) atoms. The summed E-state index contributed by atoms with van der Waals surface area (Å²) >= 11 is 0. The molecular weight excluding hydrogens is 422 g/mol. The number of amides is 4. The number of carbonyl (C=O) groups is 4. The van der Waals surface area contributed by atoms with E-state index in [4.69, 9.17) is 0 Å². The number of hydrogen-bond donors (Lipinski definition) is 2. The molecule has 0 aliphatic carbocycles. The van der Waals surface area contributed by atoms with Crippen molar-refractivity contribution in [2.45, 2.75) is 31.7 Å². The number of rotatable bonds is 4. The minimum absolute atomic E-state index is 0.124. The van der Waals surface area contributed by atoms with Crippen molar-refractivity contribution in [3.8, 4) is 0 Å². The van der Waals surface area contributed by atoms with Crippen LogP contribution in [0.15, 0.2) is 18.2 Å². The van der Waals surface area contributed by atoms with Crippen LogP contribution in [0.25, 0.3) is 0 Å². The molecule has 5 heterocycles. The molecule has 0 bridgehead atoms. The number of benzene rings is 1. The van der Waals surface area contributed by atoms with Gasteiger partial charge in [-0.15, -0.1) is 0 Å². The fourth-order valence-corrected chi connectivity index (χ4v) is 6.13. The molecule has 1 atom stereocenters. The normalized spacial score (nSPS) is 27.5.